The highest BCUT2D eigenvalue weighted by atomic mass is 16.5. The van der Waals surface area contributed by atoms with Gasteiger partial charge in [0.15, 0.2) is 0 Å². The second kappa shape index (κ2) is 5.16. The molecule has 2 aliphatic rings. The van der Waals surface area contributed by atoms with Crippen LogP contribution in [0.15, 0.2) is 24.4 Å². The molecule has 0 unspecified atom stereocenters. The van der Waals surface area contributed by atoms with E-state index in [2.05, 4.69) is 20.0 Å². The lowest BCUT2D eigenvalue weighted by molar-refractivity contribution is 0.0986. The first-order chi connectivity index (χ1) is 12.1. The van der Waals surface area contributed by atoms with E-state index in [1.807, 2.05) is 32.2 Å². The summed E-state index contributed by atoms with van der Waals surface area (Å²) in [5.41, 5.74) is 3.46. The Kier molecular flexibility index (Phi) is 3.03. The summed E-state index contributed by atoms with van der Waals surface area (Å²) < 4.78 is 7.33. The zero-order valence-corrected chi connectivity index (χ0v) is 14.2. The number of hydrogen-bond acceptors (Lipinski definition) is 6. The Labute approximate surface area is 144 Å². The number of aromatic nitrogens is 4. The largest absolute Gasteiger partial charge is 0.507 e. The smallest absolute Gasteiger partial charge is 0.254 e. The first kappa shape index (κ1) is 14.7. The van der Waals surface area contributed by atoms with E-state index in [1.165, 1.54) is 0 Å². The van der Waals surface area contributed by atoms with Crippen molar-refractivity contribution in [1.82, 2.24) is 19.6 Å². The number of ether oxygens (including phenoxy) is 1. The predicted octanol–water partition coefficient (Wildman–Crippen LogP) is 2.09. The molecule has 2 bridgehead atoms. The molecular weight excluding hydrogens is 318 g/mol. The molecule has 2 fully saturated rings. The molecule has 2 aromatic heterocycles. The predicted molar refractivity (Wildman–Crippen MR) is 92.8 cm³/mol. The fourth-order valence-corrected chi connectivity index (χ4v) is 3.95. The molecule has 0 radical (unpaired) electrons. The Bertz CT molecular complexity index is 960. The van der Waals surface area contributed by atoms with Gasteiger partial charge in [-0.2, -0.15) is 4.98 Å². The monoisotopic (exact) mass is 337 g/mol. The lowest BCUT2D eigenvalue weighted by Crippen LogP contribution is -2.37. The third-order valence-electron chi connectivity index (χ3n) is 5.07. The van der Waals surface area contributed by atoms with Crippen molar-refractivity contribution in [2.75, 3.05) is 18.1 Å². The van der Waals surface area contributed by atoms with Crippen molar-refractivity contribution in [3.05, 3.63) is 35.5 Å². The molecule has 0 amide bonds. The molecule has 7 heteroatoms. The number of aryl methyl sites for hydroxylation is 2. The maximum absolute atomic E-state index is 10.3. The lowest BCUT2D eigenvalue weighted by atomic mass is 10.0. The van der Waals surface area contributed by atoms with Crippen LogP contribution in [0.1, 0.15) is 17.5 Å². The van der Waals surface area contributed by atoms with Crippen LogP contribution in [-0.4, -0.2) is 50.0 Å². The fourth-order valence-electron chi connectivity index (χ4n) is 3.95. The summed E-state index contributed by atoms with van der Waals surface area (Å²) in [6.45, 7) is 5.52. The highest BCUT2D eigenvalue weighted by Crippen LogP contribution is 2.33. The SMILES string of the molecule is Cc1cc(C)c(-c2ccn3nc(N4C[C@H]5C[C@@H]4CO5)nc3n2)c(O)c1. The van der Waals surface area contributed by atoms with Crippen molar-refractivity contribution < 1.29 is 9.84 Å². The highest BCUT2D eigenvalue weighted by Gasteiger charge is 2.40. The Morgan fingerprint density at radius 3 is 2.84 bits per heavy atom. The number of anilines is 1. The van der Waals surface area contributed by atoms with Gasteiger partial charge in [0.1, 0.15) is 5.75 Å². The van der Waals surface area contributed by atoms with Gasteiger partial charge in [-0.3, -0.25) is 0 Å². The molecule has 3 aromatic rings. The molecule has 25 heavy (non-hydrogen) atoms. The van der Waals surface area contributed by atoms with Gasteiger partial charge >= 0.3 is 0 Å². The minimum absolute atomic E-state index is 0.239. The number of hydrogen-bond donors (Lipinski definition) is 1. The molecule has 0 saturated carbocycles. The molecular formula is C18H19N5O2. The first-order valence-electron chi connectivity index (χ1n) is 8.51. The van der Waals surface area contributed by atoms with E-state index in [1.54, 1.807) is 10.6 Å². The minimum atomic E-state index is 0.239. The Balaban J connectivity index is 1.56. The number of phenols is 1. The van der Waals surface area contributed by atoms with Crippen LogP contribution < -0.4 is 4.90 Å². The molecule has 1 N–H and O–H groups in total. The van der Waals surface area contributed by atoms with Gasteiger partial charge in [0.05, 0.1) is 24.4 Å². The maximum atomic E-state index is 10.3. The molecule has 2 aliphatic heterocycles. The summed E-state index contributed by atoms with van der Waals surface area (Å²) in [6.07, 6.45) is 3.19. The van der Waals surface area contributed by atoms with Crippen LogP contribution in [0.5, 0.6) is 5.75 Å². The zero-order chi connectivity index (χ0) is 17.1. The van der Waals surface area contributed by atoms with Gasteiger partial charge in [-0.15, -0.1) is 5.10 Å². The van der Waals surface area contributed by atoms with Gasteiger partial charge in [0.2, 0.25) is 5.95 Å². The number of aromatic hydroxyl groups is 1. The van der Waals surface area contributed by atoms with Crippen LogP contribution in [0.25, 0.3) is 17.0 Å². The van der Waals surface area contributed by atoms with E-state index in [0.29, 0.717) is 29.6 Å². The fraction of sp³-hybridized carbons (Fsp3) is 0.389. The number of benzene rings is 1. The van der Waals surface area contributed by atoms with Crippen LogP contribution in [0.4, 0.5) is 5.95 Å². The normalized spacial score (nSPS) is 22.2. The summed E-state index contributed by atoms with van der Waals surface area (Å²) in [5, 5.41) is 14.9. The van der Waals surface area contributed by atoms with Gasteiger partial charge in [0, 0.05) is 18.3 Å². The molecule has 5 rings (SSSR count). The van der Waals surface area contributed by atoms with Crippen LogP contribution in [0.3, 0.4) is 0 Å². The van der Waals surface area contributed by atoms with Crippen molar-refractivity contribution in [3.8, 4) is 17.0 Å². The van der Waals surface area contributed by atoms with Gasteiger partial charge < -0.3 is 14.7 Å². The third kappa shape index (κ3) is 2.26. The summed E-state index contributed by atoms with van der Waals surface area (Å²) in [6, 6.07) is 6.02. The molecule has 4 heterocycles. The lowest BCUT2D eigenvalue weighted by Gasteiger charge is -2.25. The summed E-state index contributed by atoms with van der Waals surface area (Å²) in [4.78, 5) is 11.4. The van der Waals surface area contributed by atoms with Crippen LogP contribution in [0.2, 0.25) is 0 Å². The molecule has 128 valence electrons. The quantitative estimate of drug-likeness (QED) is 0.772. The number of rotatable bonds is 2. The molecule has 1 aromatic carbocycles. The second-order valence-electron chi connectivity index (χ2n) is 6.94. The molecule has 0 aliphatic carbocycles. The van der Waals surface area contributed by atoms with Gasteiger partial charge in [-0.05, 0) is 43.5 Å². The van der Waals surface area contributed by atoms with Gasteiger partial charge in [0.25, 0.3) is 5.78 Å². The van der Waals surface area contributed by atoms with E-state index in [4.69, 9.17) is 4.74 Å². The van der Waals surface area contributed by atoms with E-state index in [-0.39, 0.29) is 5.75 Å². The standard InChI is InChI=1S/C18H19N5O2/c1-10-5-11(2)16(15(24)6-10)14-3-4-23-17(19-14)20-18(21-23)22-8-13-7-12(22)9-25-13/h3-6,12-13,24H,7-9H2,1-2H3/t12-,13-/m1/s1. The van der Waals surface area contributed by atoms with Crippen LogP contribution >= 0.6 is 0 Å². The Morgan fingerprint density at radius 2 is 2.12 bits per heavy atom. The number of nitrogens with zero attached hydrogens (tertiary/aromatic N) is 5. The minimum Gasteiger partial charge on any atom is -0.507 e. The van der Waals surface area contributed by atoms with Crippen LogP contribution in [-0.2, 0) is 4.74 Å². The van der Waals surface area contributed by atoms with Crippen molar-refractivity contribution in [2.45, 2.75) is 32.4 Å². The molecule has 0 spiro atoms. The van der Waals surface area contributed by atoms with Crippen LogP contribution in [0, 0.1) is 13.8 Å². The highest BCUT2D eigenvalue weighted by molar-refractivity contribution is 5.72. The Hall–Kier alpha value is -2.67. The van der Waals surface area contributed by atoms with E-state index in [9.17, 15) is 5.11 Å². The summed E-state index contributed by atoms with van der Waals surface area (Å²) >= 11 is 0. The van der Waals surface area contributed by atoms with Crippen molar-refractivity contribution >= 4 is 11.7 Å². The van der Waals surface area contributed by atoms with E-state index in [0.717, 1.165) is 36.3 Å². The molecule has 2 atom stereocenters. The van der Waals surface area contributed by atoms with E-state index < -0.39 is 0 Å². The number of fused-ring (bicyclic) bond motifs is 3. The summed E-state index contributed by atoms with van der Waals surface area (Å²) in [5.74, 6) is 1.48. The topological polar surface area (TPSA) is 75.8 Å². The number of morpholine rings is 1. The molecule has 7 nitrogen and oxygen atoms in total. The number of phenolic OH excluding ortho intramolecular Hbond substituents is 1. The molecule has 2 saturated heterocycles. The van der Waals surface area contributed by atoms with Gasteiger partial charge in [-0.1, -0.05) is 6.07 Å². The Morgan fingerprint density at radius 1 is 1.24 bits per heavy atom. The van der Waals surface area contributed by atoms with Crippen molar-refractivity contribution in [2.24, 2.45) is 0 Å². The first-order valence-corrected chi connectivity index (χ1v) is 8.51. The van der Waals surface area contributed by atoms with E-state index >= 15 is 0 Å². The average molecular weight is 337 g/mol. The van der Waals surface area contributed by atoms with Gasteiger partial charge in [-0.25, -0.2) is 9.50 Å². The maximum Gasteiger partial charge on any atom is 0.254 e. The summed E-state index contributed by atoms with van der Waals surface area (Å²) in [7, 11) is 0. The second-order valence-corrected chi connectivity index (χ2v) is 6.94. The zero-order valence-electron chi connectivity index (χ0n) is 14.2. The third-order valence-corrected chi connectivity index (χ3v) is 5.07. The van der Waals surface area contributed by atoms with Crippen molar-refractivity contribution in [3.63, 3.8) is 0 Å². The van der Waals surface area contributed by atoms with Crippen molar-refractivity contribution in [1.29, 1.82) is 0 Å². The average Bonchev–Trinajstić information content (AvgIpc) is 3.28.